The average Bonchev–Trinajstić information content (AvgIpc) is 2.62. The molecule has 0 spiro atoms. The van der Waals surface area contributed by atoms with Crippen LogP contribution in [0.4, 0.5) is 0 Å². The highest BCUT2D eigenvalue weighted by molar-refractivity contribution is 5.05. The molecule has 0 amide bonds. The van der Waals surface area contributed by atoms with Crippen molar-refractivity contribution in [3.63, 3.8) is 0 Å². The topological polar surface area (TPSA) is 86.8 Å². The second kappa shape index (κ2) is 5.32. The van der Waals surface area contributed by atoms with Gasteiger partial charge in [0.05, 0.1) is 12.6 Å². The first-order chi connectivity index (χ1) is 6.76. The molecule has 0 radical (unpaired) electrons. The third-order valence-electron chi connectivity index (χ3n) is 1.66. The van der Waals surface area contributed by atoms with E-state index in [1.807, 2.05) is 13.0 Å². The molecule has 0 fully saturated rings. The number of nitrogens with zero attached hydrogens (tertiary/aromatic N) is 4. The lowest BCUT2D eigenvalue weighted by atomic mass is 10.3. The van der Waals surface area contributed by atoms with Crippen LogP contribution < -0.4 is 5.32 Å². The van der Waals surface area contributed by atoms with Gasteiger partial charge in [-0.25, -0.2) is 9.67 Å². The molecule has 6 nitrogen and oxygen atoms in total. The van der Waals surface area contributed by atoms with E-state index >= 15 is 0 Å². The van der Waals surface area contributed by atoms with Gasteiger partial charge in [0, 0.05) is 6.54 Å². The Morgan fingerprint density at radius 1 is 1.79 bits per heavy atom. The van der Waals surface area contributed by atoms with Gasteiger partial charge in [-0.3, -0.25) is 0 Å². The van der Waals surface area contributed by atoms with Crippen molar-refractivity contribution in [3.05, 3.63) is 12.2 Å². The van der Waals surface area contributed by atoms with E-state index in [1.54, 1.807) is 0 Å². The van der Waals surface area contributed by atoms with E-state index in [0.717, 1.165) is 6.54 Å². The van der Waals surface area contributed by atoms with Gasteiger partial charge in [0.2, 0.25) is 0 Å². The van der Waals surface area contributed by atoms with E-state index in [-0.39, 0.29) is 5.82 Å². The summed E-state index contributed by atoms with van der Waals surface area (Å²) in [4.78, 5) is 3.73. The Kier molecular flexibility index (Phi) is 4.04. The zero-order valence-electron chi connectivity index (χ0n) is 8.01. The zero-order valence-corrected chi connectivity index (χ0v) is 8.01. The van der Waals surface area contributed by atoms with Crippen LogP contribution in [0.25, 0.3) is 0 Å². The minimum Gasteiger partial charge on any atom is -0.390 e. The monoisotopic (exact) mass is 195 g/mol. The number of aliphatic hydroxyl groups excluding tert-OH is 1. The van der Waals surface area contributed by atoms with E-state index in [4.69, 9.17) is 5.26 Å². The Morgan fingerprint density at radius 2 is 2.57 bits per heavy atom. The molecule has 1 rings (SSSR count). The van der Waals surface area contributed by atoms with Crippen molar-refractivity contribution in [1.82, 2.24) is 20.1 Å². The predicted molar refractivity (Wildman–Crippen MR) is 49.3 cm³/mol. The minimum atomic E-state index is -0.511. The van der Waals surface area contributed by atoms with Gasteiger partial charge in [-0.15, -0.1) is 5.10 Å². The van der Waals surface area contributed by atoms with Gasteiger partial charge < -0.3 is 10.4 Å². The van der Waals surface area contributed by atoms with Crippen molar-refractivity contribution < 1.29 is 5.11 Å². The molecule has 0 saturated carbocycles. The van der Waals surface area contributed by atoms with Crippen LogP contribution in [0.2, 0.25) is 0 Å². The minimum absolute atomic E-state index is 0.126. The molecule has 1 heterocycles. The van der Waals surface area contributed by atoms with Gasteiger partial charge in [-0.1, -0.05) is 6.92 Å². The molecule has 0 aliphatic rings. The highest BCUT2D eigenvalue weighted by Crippen LogP contribution is 1.91. The maximum Gasteiger partial charge on any atom is 0.252 e. The molecule has 0 aliphatic heterocycles. The molecular weight excluding hydrogens is 182 g/mol. The fourth-order valence-corrected chi connectivity index (χ4v) is 1.03. The molecule has 76 valence electrons. The molecule has 0 aliphatic carbocycles. The predicted octanol–water partition coefficient (Wildman–Crippen LogP) is -0.880. The normalized spacial score (nSPS) is 12.4. The summed E-state index contributed by atoms with van der Waals surface area (Å²) in [5.41, 5.74) is 0. The quantitative estimate of drug-likeness (QED) is 0.637. The summed E-state index contributed by atoms with van der Waals surface area (Å²) < 4.78 is 1.46. The van der Waals surface area contributed by atoms with Gasteiger partial charge >= 0.3 is 0 Å². The second-order valence-electron chi connectivity index (χ2n) is 2.86. The van der Waals surface area contributed by atoms with Crippen molar-refractivity contribution in [1.29, 1.82) is 5.26 Å². The number of aromatic nitrogens is 3. The van der Waals surface area contributed by atoms with Gasteiger partial charge in [-0.05, 0) is 6.54 Å². The molecule has 0 aromatic carbocycles. The summed E-state index contributed by atoms with van der Waals surface area (Å²) >= 11 is 0. The lowest BCUT2D eigenvalue weighted by molar-refractivity contribution is 0.147. The summed E-state index contributed by atoms with van der Waals surface area (Å²) in [5, 5.41) is 24.8. The molecular formula is C8H13N5O. The number of nitriles is 1. The Morgan fingerprint density at radius 3 is 3.14 bits per heavy atom. The molecule has 6 heteroatoms. The first-order valence-electron chi connectivity index (χ1n) is 4.44. The standard InChI is InChI=1S/C8H13N5O/c1-2-10-4-7(14)5-13-6-11-8(3-9)12-13/h6-7,10,14H,2,4-5H2,1H3. The van der Waals surface area contributed by atoms with E-state index in [1.165, 1.54) is 11.0 Å². The zero-order chi connectivity index (χ0) is 10.4. The van der Waals surface area contributed by atoms with Crippen molar-refractivity contribution in [2.45, 2.75) is 19.6 Å². The third-order valence-corrected chi connectivity index (χ3v) is 1.66. The number of aliphatic hydroxyl groups is 1. The molecule has 0 bridgehead atoms. The van der Waals surface area contributed by atoms with Crippen molar-refractivity contribution >= 4 is 0 Å². The van der Waals surface area contributed by atoms with Crippen LogP contribution in [0, 0.1) is 11.3 Å². The van der Waals surface area contributed by atoms with Gasteiger partial charge in [0.15, 0.2) is 0 Å². The second-order valence-corrected chi connectivity index (χ2v) is 2.86. The van der Waals surface area contributed by atoms with E-state index in [0.29, 0.717) is 13.1 Å². The molecule has 1 aromatic rings. The number of hydrogen-bond acceptors (Lipinski definition) is 5. The maximum absolute atomic E-state index is 9.48. The molecule has 1 unspecified atom stereocenters. The Bertz CT molecular complexity index is 316. The summed E-state index contributed by atoms with van der Waals surface area (Å²) in [5.74, 6) is 0.126. The summed E-state index contributed by atoms with van der Waals surface area (Å²) in [6, 6.07) is 1.82. The van der Waals surface area contributed by atoms with Crippen LogP contribution in [-0.4, -0.2) is 39.1 Å². The summed E-state index contributed by atoms with van der Waals surface area (Å²) in [6.07, 6.45) is 0.927. The first-order valence-corrected chi connectivity index (χ1v) is 4.44. The van der Waals surface area contributed by atoms with Crippen molar-refractivity contribution in [2.24, 2.45) is 0 Å². The third kappa shape index (κ3) is 3.12. The number of nitrogens with one attached hydrogen (secondary N) is 1. The largest absolute Gasteiger partial charge is 0.390 e. The Balaban J connectivity index is 2.40. The number of hydrogen-bond donors (Lipinski definition) is 2. The van der Waals surface area contributed by atoms with Crippen LogP contribution in [-0.2, 0) is 6.54 Å². The fourth-order valence-electron chi connectivity index (χ4n) is 1.03. The van der Waals surface area contributed by atoms with Crippen LogP contribution >= 0.6 is 0 Å². The first kappa shape index (κ1) is 10.6. The SMILES string of the molecule is CCNCC(O)Cn1cnc(C#N)n1. The summed E-state index contributed by atoms with van der Waals surface area (Å²) in [7, 11) is 0. The van der Waals surface area contributed by atoms with E-state index in [9.17, 15) is 5.11 Å². The van der Waals surface area contributed by atoms with Gasteiger partial charge in [0.25, 0.3) is 5.82 Å². The summed E-state index contributed by atoms with van der Waals surface area (Å²) in [6.45, 7) is 3.65. The van der Waals surface area contributed by atoms with E-state index in [2.05, 4.69) is 15.4 Å². The Hall–Kier alpha value is -1.45. The van der Waals surface area contributed by atoms with Gasteiger partial charge in [0.1, 0.15) is 12.4 Å². The maximum atomic E-state index is 9.48. The smallest absolute Gasteiger partial charge is 0.252 e. The molecule has 1 atom stereocenters. The van der Waals surface area contributed by atoms with Crippen LogP contribution in [0.1, 0.15) is 12.7 Å². The molecule has 14 heavy (non-hydrogen) atoms. The van der Waals surface area contributed by atoms with Crippen LogP contribution in [0.5, 0.6) is 0 Å². The Labute approximate surface area is 82.2 Å². The van der Waals surface area contributed by atoms with Gasteiger partial charge in [-0.2, -0.15) is 5.26 Å². The highest BCUT2D eigenvalue weighted by atomic mass is 16.3. The van der Waals surface area contributed by atoms with Crippen LogP contribution in [0.15, 0.2) is 6.33 Å². The number of likely N-dealkylation sites (N-methyl/N-ethyl adjacent to an activating group) is 1. The average molecular weight is 195 g/mol. The van der Waals surface area contributed by atoms with Crippen molar-refractivity contribution in [2.75, 3.05) is 13.1 Å². The fraction of sp³-hybridized carbons (Fsp3) is 0.625. The lowest BCUT2D eigenvalue weighted by Gasteiger charge is -2.09. The van der Waals surface area contributed by atoms with Crippen molar-refractivity contribution in [3.8, 4) is 6.07 Å². The molecule has 2 N–H and O–H groups in total. The van der Waals surface area contributed by atoms with Crippen LogP contribution in [0.3, 0.4) is 0 Å². The molecule has 1 aromatic heterocycles. The highest BCUT2D eigenvalue weighted by Gasteiger charge is 2.06. The van der Waals surface area contributed by atoms with E-state index < -0.39 is 6.10 Å². The lowest BCUT2D eigenvalue weighted by Crippen LogP contribution is -2.30. The number of rotatable bonds is 5. The molecule has 0 saturated heterocycles.